The van der Waals surface area contributed by atoms with E-state index in [1.807, 2.05) is 54.7 Å². The summed E-state index contributed by atoms with van der Waals surface area (Å²) in [6, 6.07) is 15.7. The van der Waals surface area contributed by atoms with Crippen molar-refractivity contribution in [2.24, 2.45) is 5.92 Å². The van der Waals surface area contributed by atoms with Crippen molar-refractivity contribution < 1.29 is 9.53 Å². The summed E-state index contributed by atoms with van der Waals surface area (Å²) < 4.78 is 5.24. The largest absolute Gasteiger partial charge is 0.445 e. The minimum Gasteiger partial charge on any atom is -0.445 e. The molecule has 0 atom stereocenters. The molecule has 1 N–H and O–H groups in total. The summed E-state index contributed by atoms with van der Waals surface area (Å²) >= 11 is 0. The molecule has 2 aromatic rings. The number of pyridine rings is 1. The Morgan fingerprint density at radius 3 is 2.58 bits per heavy atom. The van der Waals surface area contributed by atoms with Crippen molar-refractivity contribution in [1.82, 2.24) is 10.3 Å². The van der Waals surface area contributed by atoms with E-state index >= 15 is 0 Å². The van der Waals surface area contributed by atoms with Crippen LogP contribution in [0.15, 0.2) is 54.7 Å². The van der Waals surface area contributed by atoms with Gasteiger partial charge in [0.25, 0.3) is 0 Å². The van der Waals surface area contributed by atoms with Crippen molar-refractivity contribution >= 4 is 11.9 Å². The second kappa shape index (κ2) is 8.34. The van der Waals surface area contributed by atoms with E-state index in [0.29, 0.717) is 19.1 Å². The van der Waals surface area contributed by atoms with Gasteiger partial charge in [0.05, 0.1) is 0 Å². The SMILES string of the molecule is O=C(NCC1CCN(c2ccccn2)CC1)OCc1ccccc1. The highest BCUT2D eigenvalue weighted by Gasteiger charge is 2.20. The van der Waals surface area contributed by atoms with E-state index in [-0.39, 0.29) is 6.09 Å². The maximum absolute atomic E-state index is 11.8. The summed E-state index contributed by atoms with van der Waals surface area (Å²) in [5, 5.41) is 2.88. The number of carbonyl (C=O) groups is 1. The van der Waals surface area contributed by atoms with Crippen LogP contribution in [0, 0.1) is 5.92 Å². The molecule has 1 aliphatic heterocycles. The molecule has 1 aliphatic rings. The number of rotatable bonds is 5. The zero-order valence-corrected chi connectivity index (χ0v) is 13.7. The summed E-state index contributed by atoms with van der Waals surface area (Å²) in [6.45, 7) is 2.93. The predicted molar refractivity (Wildman–Crippen MR) is 93.8 cm³/mol. The van der Waals surface area contributed by atoms with Gasteiger partial charge in [-0.15, -0.1) is 0 Å². The fraction of sp³-hybridized carbons (Fsp3) is 0.368. The Bertz CT molecular complexity index is 626. The smallest absolute Gasteiger partial charge is 0.407 e. The number of aromatic nitrogens is 1. The van der Waals surface area contributed by atoms with Gasteiger partial charge in [-0.3, -0.25) is 0 Å². The number of carbonyl (C=O) groups excluding carboxylic acids is 1. The standard InChI is InChI=1S/C19H23N3O2/c23-19(24-15-17-6-2-1-3-7-17)21-14-16-9-12-22(13-10-16)18-8-4-5-11-20-18/h1-8,11,16H,9-10,12-15H2,(H,21,23). The molecule has 0 unspecified atom stereocenters. The lowest BCUT2D eigenvalue weighted by atomic mass is 9.97. The van der Waals surface area contributed by atoms with Crippen LogP contribution in [0.25, 0.3) is 0 Å². The topological polar surface area (TPSA) is 54.5 Å². The molecule has 1 amide bonds. The Morgan fingerprint density at radius 2 is 1.88 bits per heavy atom. The first-order valence-electron chi connectivity index (χ1n) is 8.42. The van der Waals surface area contributed by atoms with Gasteiger partial charge in [-0.05, 0) is 36.5 Å². The molecule has 0 aliphatic carbocycles. The highest BCUT2D eigenvalue weighted by Crippen LogP contribution is 2.20. The van der Waals surface area contributed by atoms with Crippen LogP contribution in [-0.4, -0.2) is 30.7 Å². The summed E-state index contributed by atoms with van der Waals surface area (Å²) in [5.74, 6) is 1.53. The molecule has 0 saturated carbocycles. The highest BCUT2D eigenvalue weighted by atomic mass is 16.5. The van der Waals surface area contributed by atoms with Gasteiger partial charge >= 0.3 is 6.09 Å². The van der Waals surface area contributed by atoms with Crippen molar-refractivity contribution in [3.8, 4) is 0 Å². The average molecular weight is 325 g/mol. The van der Waals surface area contributed by atoms with Crippen molar-refractivity contribution in [3.05, 3.63) is 60.3 Å². The average Bonchev–Trinajstić information content (AvgIpc) is 2.67. The second-order valence-corrected chi connectivity index (χ2v) is 6.06. The van der Waals surface area contributed by atoms with Crippen molar-refractivity contribution in [2.45, 2.75) is 19.4 Å². The van der Waals surface area contributed by atoms with E-state index < -0.39 is 0 Å². The van der Waals surface area contributed by atoms with Gasteiger partial charge in [-0.25, -0.2) is 9.78 Å². The quantitative estimate of drug-likeness (QED) is 0.917. The lowest BCUT2D eigenvalue weighted by molar-refractivity contribution is 0.137. The molecule has 2 heterocycles. The molecule has 1 aromatic carbocycles. The first-order chi connectivity index (χ1) is 11.8. The van der Waals surface area contributed by atoms with Crippen LogP contribution in [0.4, 0.5) is 10.6 Å². The van der Waals surface area contributed by atoms with Crippen molar-refractivity contribution in [1.29, 1.82) is 0 Å². The maximum Gasteiger partial charge on any atom is 0.407 e. The van der Waals surface area contributed by atoms with E-state index in [2.05, 4.69) is 15.2 Å². The van der Waals surface area contributed by atoms with Crippen molar-refractivity contribution in [2.75, 3.05) is 24.5 Å². The Morgan fingerprint density at radius 1 is 1.12 bits per heavy atom. The zero-order chi connectivity index (χ0) is 16.6. The summed E-state index contributed by atoms with van der Waals surface area (Å²) in [6.07, 6.45) is 3.59. The summed E-state index contributed by atoms with van der Waals surface area (Å²) in [7, 11) is 0. The van der Waals surface area contributed by atoms with Gasteiger partial charge < -0.3 is 15.0 Å². The van der Waals surface area contributed by atoms with Gasteiger partial charge in [0.1, 0.15) is 12.4 Å². The fourth-order valence-corrected chi connectivity index (χ4v) is 2.91. The number of nitrogens with one attached hydrogen (secondary N) is 1. The number of hydrogen-bond acceptors (Lipinski definition) is 4. The number of nitrogens with zero attached hydrogens (tertiary/aromatic N) is 2. The molecule has 3 rings (SSSR count). The Labute approximate surface area is 142 Å². The van der Waals surface area contributed by atoms with Gasteiger partial charge in [-0.2, -0.15) is 0 Å². The van der Waals surface area contributed by atoms with Gasteiger partial charge in [-0.1, -0.05) is 36.4 Å². The monoisotopic (exact) mass is 325 g/mol. The molecule has 24 heavy (non-hydrogen) atoms. The Kier molecular flexibility index (Phi) is 5.66. The van der Waals surface area contributed by atoms with E-state index in [9.17, 15) is 4.79 Å². The molecule has 5 heteroatoms. The Hall–Kier alpha value is -2.56. The molecule has 0 radical (unpaired) electrons. The molecule has 1 fully saturated rings. The van der Waals surface area contributed by atoms with Crippen LogP contribution >= 0.6 is 0 Å². The normalized spacial score (nSPS) is 15.1. The summed E-state index contributed by atoms with van der Waals surface area (Å²) in [4.78, 5) is 18.5. The van der Waals surface area contributed by atoms with E-state index in [1.54, 1.807) is 0 Å². The molecule has 0 bridgehead atoms. The summed E-state index contributed by atoms with van der Waals surface area (Å²) in [5.41, 5.74) is 0.997. The van der Waals surface area contributed by atoms with Crippen LogP contribution < -0.4 is 10.2 Å². The lowest BCUT2D eigenvalue weighted by Gasteiger charge is -2.32. The first-order valence-corrected chi connectivity index (χ1v) is 8.42. The first kappa shape index (κ1) is 16.3. The van der Waals surface area contributed by atoms with Gasteiger partial charge in [0.2, 0.25) is 0 Å². The molecule has 126 valence electrons. The van der Waals surface area contributed by atoms with E-state index in [4.69, 9.17) is 4.74 Å². The lowest BCUT2D eigenvalue weighted by Crippen LogP contribution is -2.39. The fourth-order valence-electron chi connectivity index (χ4n) is 2.91. The van der Waals surface area contributed by atoms with Gasteiger partial charge in [0.15, 0.2) is 0 Å². The van der Waals surface area contributed by atoms with Crippen LogP contribution in [0.5, 0.6) is 0 Å². The number of amides is 1. The number of piperidine rings is 1. The third-order valence-corrected chi connectivity index (χ3v) is 4.34. The molecule has 0 spiro atoms. The number of anilines is 1. The van der Waals surface area contributed by atoms with Crippen molar-refractivity contribution in [3.63, 3.8) is 0 Å². The van der Waals surface area contributed by atoms with Crippen LogP contribution in [-0.2, 0) is 11.3 Å². The van der Waals surface area contributed by atoms with Crippen LogP contribution in [0.3, 0.4) is 0 Å². The minimum atomic E-state index is -0.342. The molecule has 5 nitrogen and oxygen atoms in total. The molecular formula is C19H23N3O2. The Balaban J connectivity index is 1.35. The number of ether oxygens (including phenoxy) is 1. The number of hydrogen-bond donors (Lipinski definition) is 1. The molecule has 1 saturated heterocycles. The predicted octanol–water partition coefficient (Wildman–Crippen LogP) is 3.22. The minimum absolute atomic E-state index is 0.310. The van der Waals surface area contributed by atoms with E-state index in [0.717, 1.165) is 37.3 Å². The number of benzene rings is 1. The van der Waals surface area contributed by atoms with Crippen LogP contribution in [0.1, 0.15) is 18.4 Å². The number of alkyl carbamates (subject to hydrolysis) is 1. The third-order valence-electron chi connectivity index (χ3n) is 4.34. The van der Waals surface area contributed by atoms with E-state index in [1.165, 1.54) is 0 Å². The maximum atomic E-state index is 11.8. The highest BCUT2D eigenvalue weighted by molar-refractivity contribution is 5.67. The zero-order valence-electron chi connectivity index (χ0n) is 13.7. The van der Waals surface area contributed by atoms with Crippen LogP contribution in [0.2, 0.25) is 0 Å². The van der Waals surface area contributed by atoms with Gasteiger partial charge in [0, 0.05) is 25.8 Å². The molecule has 1 aromatic heterocycles. The molecular weight excluding hydrogens is 302 g/mol. The third kappa shape index (κ3) is 4.72. The second-order valence-electron chi connectivity index (χ2n) is 6.06.